The van der Waals surface area contributed by atoms with Crippen LogP contribution < -0.4 is 20.3 Å². The fourth-order valence-corrected chi connectivity index (χ4v) is 5.47. The second kappa shape index (κ2) is 12.1. The number of carbonyl (C=O) groups is 1. The summed E-state index contributed by atoms with van der Waals surface area (Å²) in [5.41, 5.74) is 1.93. The molecule has 0 spiro atoms. The summed E-state index contributed by atoms with van der Waals surface area (Å²) in [5, 5.41) is 8.63. The first-order valence-corrected chi connectivity index (χ1v) is 14.2. The fraction of sp³-hybridized carbons (Fsp3) is 0.0625. The molecule has 2 aromatic heterocycles. The molecule has 0 saturated heterocycles. The zero-order valence-electron chi connectivity index (χ0n) is 22.6. The fourth-order valence-electron chi connectivity index (χ4n) is 4.49. The highest BCUT2D eigenvalue weighted by molar-refractivity contribution is 9.10. The Balaban J connectivity index is 1.32. The lowest BCUT2D eigenvalue weighted by atomic mass is 10.2. The Morgan fingerprint density at radius 1 is 1.05 bits per heavy atom. The van der Waals surface area contributed by atoms with Gasteiger partial charge in [0.2, 0.25) is 5.82 Å². The summed E-state index contributed by atoms with van der Waals surface area (Å²) in [6.07, 6.45) is 1.48. The molecule has 0 fully saturated rings. The number of aromatic nitrogens is 2. The number of fused-ring (bicyclic) bond motifs is 2. The number of para-hydroxylation sites is 2. The number of methoxy groups -OCH3 is 1. The van der Waals surface area contributed by atoms with Crippen molar-refractivity contribution in [1.29, 1.82) is 0 Å². The van der Waals surface area contributed by atoms with Gasteiger partial charge in [-0.3, -0.25) is 9.59 Å². The summed E-state index contributed by atoms with van der Waals surface area (Å²) >= 11 is 9.98. The van der Waals surface area contributed by atoms with Crippen LogP contribution in [0.15, 0.2) is 110 Å². The molecule has 4 aromatic carbocycles. The van der Waals surface area contributed by atoms with E-state index in [1.165, 1.54) is 10.9 Å². The quantitative estimate of drug-likeness (QED) is 0.175. The molecule has 0 aliphatic rings. The normalized spacial score (nSPS) is 11.3. The van der Waals surface area contributed by atoms with Gasteiger partial charge >= 0.3 is 0 Å². The lowest BCUT2D eigenvalue weighted by molar-refractivity contribution is -0.118. The minimum Gasteiger partial charge on any atom is -0.496 e. The highest BCUT2D eigenvalue weighted by Gasteiger charge is 2.18. The maximum atomic E-state index is 13.6. The number of hydrogen-bond donors (Lipinski definition) is 1. The van der Waals surface area contributed by atoms with Gasteiger partial charge in [0.05, 0.1) is 39.1 Å². The van der Waals surface area contributed by atoms with E-state index < -0.39 is 0 Å². The average molecular weight is 658 g/mol. The predicted octanol–water partition coefficient (Wildman–Crippen LogP) is 7.13. The number of furan rings is 1. The average Bonchev–Trinajstić information content (AvgIpc) is 3.45. The molecule has 11 heteroatoms. The molecule has 6 rings (SSSR count). The smallest absolute Gasteiger partial charge is 0.282 e. The second-order valence-corrected chi connectivity index (χ2v) is 10.6. The molecule has 1 N–H and O–H groups in total. The number of halogens is 2. The molecule has 0 saturated carbocycles. The van der Waals surface area contributed by atoms with E-state index in [1.807, 2.05) is 42.5 Å². The number of nitrogens with one attached hydrogen (secondary N) is 1. The van der Waals surface area contributed by atoms with Gasteiger partial charge in [-0.1, -0.05) is 48.0 Å². The Bertz CT molecular complexity index is 2050. The number of amides is 1. The van der Waals surface area contributed by atoms with E-state index >= 15 is 0 Å². The third-order valence-electron chi connectivity index (χ3n) is 6.46. The Hall–Kier alpha value is -4.93. The Morgan fingerprint density at radius 2 is 1.84 bits per heavy atom. The first kappa shape index (κ1) is 28.2. The van der Waals surface area contributed by atoms with Crippen molar-refractivity contribution in [3.8, 4) is 23.1 Å². The van der Waals surface area contributed by atoms with E-state index in [2.05, 4.69) is 26.3 Å². The minimum absolute atomic E-state index is 0.216. The lowest BCUT2D eigenvalue weighted by Crippen LogP contribution is -2.20. The van der Waals surface area contributed by atoms with Crippen molar-refractivity contribution in [1.82, 2.24) is 9.66 Å². The van der Waals surface area contributed by atoms with Gasteiger partial charge in [0.1, 0.15) is 11.3 Å². The Kier molecular flexibility index (Phi) is 7.95. The number of anilines is 1. The number of carbonyl (C=O) groups excluding carboxylic acids is 1. The molecule has 0 bridgehead atoms. The summed E-state index contributed by atoms with van der Waals surface area (Å²) < 4.78 is 18.9. The molecule has 43 heavy (non-hydrogen) atoms. The van der Waals surface area contributed by atoms with Crippen LogP contribution in [0.1, 0.15) is 5.56 Å². The van der Waals surface area contributed by atoms with Gasteiger partial charge in [0.15, 0.2) is 18.1 Å². The topological polar surface area (TPSA) is 108 Å². The lowest BCUT2D eigenvalue weighted by Gasteiger charge is -2.11. The van der Waals surface area contributed by atoms with Gasteiger partial charge in [-0.15, -0.1) is 0 Å². The highest BCUT2D eigenvalue weighted by atomic mass is 79.9. The predicted molar refractivity (Wildman–Crippen MR) is 170 cm³/mol. The maximum absolute atomic E-state index is 13.6. The number of hydrogen-bond acceptors (Lipinski definition) is 7. The molecule has 9 nitrogen and oxygen atoms in total. The van der Waals surface area contributed by atoms with E-state index in [4.69, 9.17) is 30.5 Å². The molecular formula is C32H22BrClN4O5. The maximum Gasteiger partial charge on any atom is 0.282 e. The van der Waals surface area contributed by atoms with Crippen molar-refractivity contribution < 1.29 is 18.7 Å². The number of ether oxygens (including phenoxy) is 2. The van der Waals surface area contributed by atoms with Crippen molar-refractivity contribution in [3.05, 3.63) is 116 Å². The van der Waals surface area contributed by atoms with Crippen LogP contribution >= 0.6 is 27.5 Å². The molecule has 0 atom stereocenters. The summed E-state index contributed by atoms with van der Waals surface area (Å²) in [4.78, 5) is 30.6. The van der Waals surface area contributed by atoms with Crippen LogP contribution in [0.25, 0.3) is 33.5 Å². The molecule has 0 radical (unpaired) electrons. The Labute approximate surface area is 258 Å². The van der Waals surface area contributed by atoms with Gasteiger partial charge in [-0.25, -0.2) is 4.98 Å². The van der Waals surface area contributed by atoms with E-state index in [9.17, 15) is 9.59 Å². The number of nitrogens with zero attached hydrogens (tertiary/aromatic N) is 3. The molecular weight excluding hydrogens is 636 g/mol. The molecule has 2 heterocycles. The van der Waals surface area contributed by atoms with Gasteiger partial charge in [-0.05, 0) is 76.1 Å². The van der Waals surface area contributed by atoms with Crippen LogP contribution in [0.5, 0.6) is 11.5 Å². The zero-order chi connectivity index (χ0) is 29.9. The van der Waals surface area contributed by atoms with Gasteiger partial charge in [-0.2, -0.15) is 9.78 Å². The van der Waals surface area contributed by atoms with E-state index in [0.717, 1.165) is 5.39 Å². The third-order valence-corrected chi connectivity index (χ3v) is 7.33. The van der Waals surface area contributed by atoms with Gasteiger partial charge in [0.25, 0.3) is 11.5 Å². The van der Waals surface area contributed by atoms with Crippen LogP contribution in [0.2, 0.25) is 5.02 Å². The van der Waals surface area contributed by atoms with E-state index in [1.54, 1.807) is 55.6 Å². The number of rotatable bonds is 8. The summed E-state index contributed by atoms with van der Waals surface area (Å²) in [7, 11) is 1.58. The first-order chi connectivity index (χ1) is 20.9. The standard InChI is InChI=1S/C32H22BrClN4O5/c1-41-26-12-7-13-27-22(26)16-28(43-27)31-37-25-11-6-5-10-21(25)32(40)38(31)35-17-19-14-23(33)30(24(34)15-19)42-18-29(39)36-20-8-3-2-4-9-20/h2-17H,18H2,1H3,(H,36,39). The molecule has 214 valence electrons. The summed E-state index contributed by atoms with van der Waals surface area (Å²) in [5.74, 6) is 1.15. The molecule has 0 aliphatic heterocycles. The van der Waals surface area contributed by atoms with Gasteiger partial charge in [0, 0.05) is 5.69 Å². The third kappa shape index (κ3) is 5.88. The van der Waals surface area contributed by atoms with Crippen LogP contribution in [0.3, 0.4) is 0 Å². The minimum atomic E-state index is -0.376. The van der Waals surface area contributed by atoms with Crippen molar-refractivity contribution in [2.24, 2.45) is 5.10 Å². The van der Waals surface area contributed by atoms with Crippen LogP contribution in [-0.4, -0.2) is 35.5 Å². The van der Waals surface area contributed by atoms with Crippen LogP contribution in [-0.2, 0) is 4.79 Å². The SMILES string of the molecule is COc1cccc2oc(-c3nc4ccccc4c(=O)n3N=Cc3cc(Cl)c(OCC(=O)Nc4ccccc4)c(Br)c3)cc12. The zero-order valence-corrected chi connectivity index (χ0v) is 24.9. The Morgan fingerprint density at radius 3 is 2.63 bits per heavy atom. The van der Waals surface area contributed by atoms with E-state index in [-0.39, 0.29) is 28.9 Å². The van der Waals surface area contributed by atoms with Crippen molar-refractivity contribution in [2.45, 2.75) is 0 Å². The van der Waals surface area contributed by atoms with Crippen molar-refractivity contribution in [3.63, 3.8) is 0 Å². The molecule has 0 aliphatic carbocycles. The second-order valence-electron chi connectivity index (χ2n) is 9.31. The van der Waals surface area contributed by atoms with Crippen LogP contribution in [0.4, 0.5) is 5.69 Å². The largest absolute Gasteiger partial charge is 0.496 e. The molecule has 1 amide bonds. The van der Waals surface area contributed by atoms with Crippen molar-refractivity contribution in [2.75, 3.05) is 19.0 Å². The molecule has 6 aromatic rings. The van der Waals surface area contributed by atoms with Gasteiger partial charge < -0.3 is 19.2 Å². The number of benzene rings is 4. The monoisotopic (exact) mass is 656 g/mol. The van der Waals surface area contributed by atoms with Crippen molar-refractivity contribution >= 4 is 67.2 Å². The highest BCUT2D eigenvalue weighted by Crippen LogP contribution is 2.35. The first-order valence-electron chi connectivity index (χ1n) is 13.0. The van der Waals surface area contributed by atoms with E-state index in [0.29, 0.717) is 49.5 Å². The molecule has 0 unspecified atom stereocenters. The summed E-state index contributed by atoms with van der Waals surface area (Å²) in [6, 6.07) is 26.6. The van der Waals surface area contributed by atoms with Crippen LogP contribution in [0, 0.1) is 0 Å². The summed E-state index contributed by atoms with van der Waals surface area (Å²) in [6.45, 7) is -0.246.